The lowest BCUT2D eigenvalue weighted by Gasteiger charge is -2.12. The molecule has 6 heteroatoms. The molecule has 1 atom stereocenters. The predicted molar refractivity (Wildman–Crippen MR) is 37.3 cm³/mol. The summed E-state index contributed by atoms with van der Waals surface area (Å²) in [6.07, 6.45) is -4.50. The molecule has 2 N–H and O–H groups in total. The fourth-order valence-electron chi connectivity index (χ4n) is 0.657. The average Bonchev–Trinajstić information content (AvgIpc) is 2.32. The van der Waals surface area contributed by atoms with Crippen LogP contribution in [0.5, 0.6) is 0 Å². The van der Waals surface area contributed by atoms with Crippen LogP contribution in [0, 0.1) is 5.13 Å². The van der Waals surface area contributed by atoms with E-state index in [4.69, 9.17) is 5.73 Å². The lowest BCUT2D eigenvalue weighted by atomic mass is 10.2. The Bertz CT molecular complexity index is 267. The lowest BCUT2D eigenvalue weighted by molar-refractivity contribution is -0.148. The highest BCUT2D eigenvalue weighted by Gasteiger charge is 2.38. The van der Waals surface area contributed by atoms with Crippen LogP contribution in [0.1, 0.15) is 10.9 Å². The first-order valence-electron chi connectivity index (χ1n) is 2.99. The molecule has 0 amide bonds. The molecule has 0 radical (unpaired) electrons. The summed E-state index contributed by atoms with van der Waals surface area (Å²) in [5, 5.41) is -0.662. The van der Waals surface area contributed by atoms with Gasteiger partial charge in [0.15, 0.2) is 5.13 Å². The standard InChI is InChI=1S/C6H5F4NS/c7-4-2-1-3(12-4)5(11)6(8,9)10/h1-2,5H,11H2/t5-/m1/s1. The highest BCUT2D eigenvalue weighted by Crippen LogP contribution is 2.33. The fraction of sp³-hybridized carbons (Fsp3) is 0.333. The van der Waals surface area contributed by atoms with E-state index in [1.807, 2.05) is 0 Å². The molecule has 0 spiro atoms. The summed E-state index contributed by atoms with van der Waals surface area (Å²) in [5.74, 6) is 0. The van der Waals surface area contributed by atoms with Crippen molar-refractivity contribution in [2.45, 2.75) is 12.2 Å². The Morgan fingerprint density at radius 1 is 1.33 bits per heavy atom. The second kappa shape index (κ2) is 3.02. The zero-order valence-electron chi connectivity index (χ0n) is 5.73. The maximum Gasteiger partial charge on any atom is 0.408 e. The molecule has 1 aromatic rings. The molecule has 1 aromatic heterocycles. The van der Waals surface area contributed by atoms with E-state index < -0.39 is 17.3 Å². The minimum atomic E-state index is -4.50. The van der Waals surface area contributed by atoms with Gasteiger partial charge in [0.1, 0.15) is 6.04 Å². The van der Waals surface area contributed by atoms with Gasteiger partial charge >= 0.3 is 6.18 Å². The number of hydrogen-bond donors (Lipinski definition) is 1. The van der Waals surface area contributed by atoms with Crippen LogP contribution < -0.4 is 5.73 Å². The molecule has 0 aliphatic carbocycles. The summed E-state index contributed by atoms with van der Waals surface area (Å²) in [6, 6.07) is -0.0731. The number of hydrogen-bond acceptors (Lipinski definition) is 2. The normalized spacial score (nSPS) is 14.8. The van der Waals surface area contributed by atoms with E-state index in [-0.39, 0.29) is 4.88 Å². The monoisotopic (exact) mass is 199 g/mol. The van der Waals surface area contributed by atoms with Gasteiger partial charge in [-0.05, 0) is 12.1 Å². The summed E-state index contributed by atoms with van der Waals surface area (Å²) in [5.41, 5.74) is 4.80. The molecule has 1 nitrogen and oxygen atoms in total. The fourth-order valence-corrected chi connectivity index (χ4v) is 1.41. The lowest BCUT2D eigenvalue weighted by Crippen LogP contribution is -2.27. The van der Waals surface area contributed by atoms with Gasteiger partial charge in [-0.15, -0.1) is 11.3 Å². The van der Waals surface area contributed by atoms with Crippen molar-refractivity contribution in [3.63, 3.8) is 0 Å². The number of nitrogens with two attached hydrogens (primary N) is 1. The minimum absolute atomic E-state index is 0.208. The number of thiophene rings is 1. The molecule has 0 unspecified atom stereocenters. The smallest absolute Gasteiger partial charge is 0.316 e. The molecule has 12 heavy (non-hydrogen) atoms. The van der Waals surface area contributed by atoms with Crippen molar-refractivity contribution in [1.29, 1.82) is 0 Å². The highest BCUT2D eigenvalue weighted by molar-refractivity contribution is 7.10. The first-order chi connectivity index (χ1) is 5.41. The van der Waals surface area contributed by atoms with Gasteiger partial charge in [-0.3, -0.25) is 0 Å². The van der Waals surface area contributed by atoms with Crippen LogP contribution in [0.4, 0.5) is 17.6 Å². The van der Waals surface area contributed by atoms with Crippen molar-refractivity contribution in [1.82, 2.24) is 0 Å². The second-order valence-corrected chi connectivity index (χ2v) is 3.23. The summed E-state index contributed by atoms with van der Waals surface area (Å²) in [6.45, 7) is 0. The topological polar surface area (TPSA) is 26.0 Å². The Morgan fingerprint density at radius 3 is 2.25 bits per heavy atom. The molecule has 0 aliphatic rings. The Morgan fingerprint density at radius 2 is 1.92 bits per heavy atom. The third kappa shape index (κ3) is 1.95. The first-order valence-corrected chi connectivity index (χ1v) is 3.80. The largest absolute Gasteiger partial charge is 0.408 e. The Hall–Kier alpha value is -0.620. The van der Waals surface area contributed by atoms with Crippen molar-refractivity contribution in [2.75, 3.05) is 0 Å². The Kier molecular flexibility index (Phi) is 2.39. The zero-order valence-corrected chi connectivity index (χ0v) is 6.55. The molecule has 0 aromatic carbocycles. The third-order valence-electron chi connectivity index (χ3n) is 1.25. The van der Waals surface area contributed by atoms with E-state index >= 15 is 0 Å². The Labute approximate surface area is 69.8 Å². The molecule has 0 saturated heterocycles. The molecule has 1 rings (SSSR count). The van der Waals surface area contributed by atoms with E-state index in [1.54, 1.807) is 0 Å². The molecular formula is C6H5F4NS. The maximum absolute atomic E-state index is 12.3. The van der Waals surface area contributed by atoms with Crippen LogP contribution in [0.3, 0.4) is 0 Å². The third-order valence-corrected chi connectivity index (χ3v) is 2.21. The Balaban J connectivity index is 2.85. The quantitative estimate of drug-likeness (QED) is 0.691. The van der Waals surface area contributed by atoms with Gasteiger partial charge in [0.05, 0.1) is 0 Å². The van der Waals surface area contributed by atoms with Crippen molar-refractivity contribution >= 4 is 11.3 Å². The van der Waals surface area contributed by atoms with Crippen LogP contribution >= 0.6 is 11.3 Å². The van der Waals surface area contributed by atoms with E-state index in [2.05, 4.69) is 0 Å². The van der Waals surface area contributed by atoms with Gasteiger partial charge in [-0.1, -0.05) is 0 Å². The number of halogens is 4. The van der Waals surface area contributed by atoms with Crippen molar-refractivity contribution in [3.05, 3.63) is 22.1 Å². The molecular weight excluding hydrogens is 194 g/mol. The molecule has 0 bridgehead atoms. The van der Waals surface area contributed by atoms with Gasteiger partial charge in [0.25, 0.3) is 0 Å². The number of rotatable bonds is 1. The molecule has 1 heterocycles. The molecule has 0 aliphatic heterocycles. The van der Waals surface area contributed by atoms with Gasteiger partial charge in [0.2, 0.25) is 0 Å². The van der Waals surface area contributed by atoms with E-state index in [0.29, 0.717) is 11.3 Å². The summed E-state index contributed by atoms with van der Waals surface area (Å²) >= 11 is 0.411. The van der Waals surface area contributed by atoms with Crippen molar-refractivity contribution in [3.8, 4) is 0 Å². The van der Waals surface area contributed by atoms with E-state index in [9.17, 15) is 17.6 Å². The second-order valence-electron chi connectivity index (χ2n) is 2.16. The van der Waals surface area contributed by atoms with E-state index in [0.717, 1.165) is 12.1 Å². The van der Waals surface area contributed by atoms with Crippen LogP contribution in [0.2, 0.25) is 0 Å². The number of alkyl halides is 3. The average molecular weight is 199 g/mol. The van der Waals surface area contributed by atoms with Gasteiger partial charge in [-0.25, -0.2) is 0 Å². The van der Waals surface area contributed by atoms with E-state index in [1.165, 1.54) is 0 Å². The van der Waals surface area contributed by atoms with Crippen molar-refractivity contribution in [2.24, 2.45) is 5.73 Å². The molecule has 68 valence electrons. The molecule has 0 fully saturated rings. The highest BCUT2D eigenvalue weighted by atomic mass is 32.1. The maximum atomic E-state index is 12.3. The summed E-state index contributed by atoms with van der Waals surface area (Å²) in [4.78, 5) is -0.208. The van der Waals surface area contributed by atoms with Crippen LogP contribution in [-0.2, 0) is 0 Å². The zero-order chi connectivity index (χ0) is 9.35. The van der Waals surface area contributed by atoms with Crippen LogP contribution in [-0.4, -0.2) is 6.18 Å². The molecule has 0 saturated carbocycles. The van der Waals surface area contributed by atoms with Crippen LogP contribution in [0.15, 0.2) is 12.1 Å². The van der Waals surface area contributed by atoms with Gasteiger partial charge in [-0.2, -0.15) is 17.6 Å². The van der Waals surface area contributed by atoms with Gasteiger partial charge in [0, 0.05) is 4.88 Å². The SMILES string of the molecule is N[C@H](c1ccc(F)s1)C(F)(F)F. The minimum Gasteiger partial charge on any atom is -0.316 e. The summed E-state index contributed by atoms with van der Waals surface area (Å²) < 4.78 is 48.0. The van der Waals surface area contributed by atoms with Crippen molar-refractivity contribution < 1.29 is 17.6 Å². The predicted octanol–water partition coefficient (Wildman–Crippen LogP) is 2.45. The van der Waals surface area contributed by atoms with Crippen LogP contribution in [0.25, 0.3) is 0 Å². The first kappa shape index (κ1) is 9.47. The summed E-state index contributed by atoms with van der Waals surface area (Å²) in [7, 11) is 0. The van der Waals surface area contributed by atoms with Gasteiger partial charge < -0.3 is 5.73 Å².